The third-order valence-electron chi connectivity index (χ3n) is 4.49. The standard InChI is InChI=1S/C18H14F2N4OS/c1-8-15-13(24-18(21)23-8)4-9(5-14(15)25)16-17(26-7-22-16)11-6-10(19)2-3-12(11)20/h2-3,6-7,9H,4-5H2,1H3,(H2,21,23,24). The van der Waals surface area contributed by atoms with Gasteiger partial charge in [0.2, 0.25) is 5.95 Å². The molecule has 1 unspecified atom stereocenters. The number of carbonyl (C=O) groups excluding carboxylic acids is 1. The topological polar surface area (TPSA) is 81.8 Å². The summed E-state index contributed by atoms with van der Waals surface area (Å²) in [6.07, 6.45) is 0.664. The lowest BCUT2D eigenvalue weighted by molar-refractivity contribution is 0.0961. The van der Waals surface area contributed by atoms with Crippen LogP contribution < -0.4 is 5.73 Å². The number of anilines is 1. The van der Waals surface area contributed by atoms with Crippen LogP contribution in [-0.2, 0) is 6.42 Å². The zero-order valence-electron chi connectivity index (χ0n) is 13.8. The van der Waals surface area contributed by atoms with E-state index in [2.05, 4.69) is 15.0 Å². The monoisotopic (exact) mass is 372 g/mol. The van der Waals surface area contributed by atoms with E-state index >= 15 is 0 Å². The molecule has 1 aliphatic rings. The second-order valence-corrected chi connectivity index (χ2v) is 7.06. The minimum atomic E-state index is -0.526. The molecule has 1 aliphatic carbocycles. The number of halogens is 2. The largest absolute Gasteiger partial charge is 0.368 e. The average Bonchev–Trinajstić information content (AvgIpc) is 3.05. The number of aryl methyl sites for hydroxylation is 1. The Labute approximate surface area is 151 Å². The fraction of sp³-hybridized carbons (Fsp3) is 0.222. The van der Waals surface area contributed by atoms with E-state index in [0.29, 0.717) is 33.9 Å². The Bertz CT molecular complexity index is 1030. The molecule has 1 aromatic carbocycles. The zero-order chi connectivity index (χ0) is 18.4. The number of nitrogens with zero attached hydrogens (tertiary/aromatic N) is 3. The maximum atomic E-state index is 14.2. The van der Waals surface area contributed by atoms with Gasteiger partial charge in [0.1, 0.15) is 11.6 Å². The Morgan fingerprint density at radius 2 is 2.04 bits per heavy atom. The van der Waals surface area contributed by atoms with E-state index in [-0.39, 0.29) is 29.6 Å². The SMILES string of the molecule is Cc1nc(N)nc2c1C(=O)CC(c1ncsc1-c1cc(F)ccc1F)C2. The number of nitrogen functional groups attached to an aromatic ring is 1. The van der Waals surface area contributed by atoms with Gasteiger partial charge >= 0.3 is 0 Å². The predicted octanol–water partition coefficient (Wildman–Crippen LogP) is 3.68. The number of hydrogen-bond acceptors (Lipinski definition) is 6. The van der Waals surface area contributed by atoms with Crippen LogP contribution >= 0.6 is 11.3 Å². The van der Waals surface area contributed by atoms with Gasteiger partial charge in [0, 0.05) is 17.9 Å². The van der Waals surface area contributed by atoms with Gasteiger partial charge in [0.15, 0.2) is 5.78 Å². The Morgan fingerprint density at radius 3 is 2.85 bits per heavy atom. The molecule has 2 N–H and O–H groups in total. The van der Waals surface area contributed by atoms with Gasteiger partial charge in [-0.1, -0.05) is 0 Å². The second kappa shape index (κ2) is 6.21. The number of rotatable bonds is 2. The maximum Gasteiger partial charge on any atom is 0.220 e. The van der Waals surface area contributed by atoms with Crippen molar-refractivity contribution in [3.63, 3.8) is 0 Å². The van der Waals surface area contributed by atoms with E-state index < -0.39 is 11.6 Å². The number of fused-ring (bicyclic) bond motifs is 1. The molecule has 0 saturated heterocycles. The van der Waals surface area contributed by atoms with Crippen LogP contribution in [0.2, 0.25) is 0 Å². The van der Waals surface area contributed by atoms with Gasteiger partial charge in [-0.15, -0.1) is 11.3 Å². The molecule has 5 nitrogen and oxygen atoms in total. The van der Waals surface area contributed by atoms with Crippen LogP contribution in [0.3, 0.4) is 0 Å². The van der Waals surface area contributed by atoms with Crippen LogP contribution in [0, 0.1) is 18.6 Å². The molecule has 3 aromatic rings. The summed E-state index contributed by atoms with van der Waals surface area (Å²) in [6.45, 7) is 1.73. The van der Waals surface area contributed by atoms with Crippen LogP contribution in [0.15, 0.2) is 23.7 Å². The number of aromatic nitrogens is 3. The minimum absolute atomic E-state index is 0.0904. The van der Waals surface area contributed by atoms with Crippen LogP contribution in [-0.4, -0.2) is 20.7 Å². The number of ketones is 1. The molecule has 1 atom stereocenters. The highest BCUT2D eigenvalue weighted by atomic mass is 32.1. The number of hydrogen-bond donors (Lipinski definition) is 1. The summed E-state index contributed by atoms with van der Waals surface area (Å²) in [5, 5.41) is 0. The number of thiazole rings is 1. The molecule has 0 radical (unpaired) electrons. The molecule has 2 heterocycles. The Morgan fingerprint density at radius 1 is 1.23 bits per heavy atom. The van der Waals surface area contributed by atoms with E-state index in [1.807, 2.05) is 0 Å². The quantitative estimate of drug-likeness (QED) is 0.742. The van der Waals surface area contributed by atoms with Gasteiger partial charge in [0.05, 0.1) is 33.0 Å². The van der Waals surface area contributed by atoms with Crippen molar-refractivity contribution < 1.29 is 13.6 Å². The summed E-state index contributed by atoms with van der Waals surface area (Å²) in [5.41, 5.74) is 9.66. The van der Waals surface area contributed by atoms with E-state index in [0.717, 1.165) is 18.2 Å². The van der Waals surface area contributed by atoms with E-state index in [1.165, 1.54) is 11.3 Å². The first-order valence-corrected chi connectivity index (χ1v) is 8.87. The van der Waals surface area contributed by atoms with Gasteiger partial charge in [-0.05, 0) is 31.5 Å². The summed E-state index contributed by atoms with van der Waals surface area (Å²) in [7, 11) is 0. The highest BCUT2D eigenvalue weighted by Crippen LogP contribution is 2.40. The van der Waals surface area contributed by atoms with Gasteiger partial charge in [0.25, 0.3) is 0 Å². The van der Waals surface area contributed by atoms with E-state index in [9.17, 15) is 13.6 Å². The molecule has 132 valence electrons. The van der Waals surface area contributed by atoms with Crippen molar-refractivity contribution in [2.45, 2.75) is 25.7 Å². The first kappa shape index (κ1) is 16.7. The van der Waals surface area contributed by atoms with Crippen molar-refractivity contribution in [2.24, 2.45) is 0 Å². The van der Waals surface area contributed by atoms with Crippen LogP contribution in [0.25, 0.3) is 10.4 Å². The Hall–Kier alpha value is -2.74. The second-order valence-electron chi connectivity index (χ2n) is 6.21. The molecule has 0 bridgehead atoms. The Balaban J connectivity index is 1.78. The van der Waals surface area contributed by atoms with Crippen molar-refractivity contribution in [1.29, 1.82) is 0 Å². The summed E-state index contributed by atoms with van der Waals surface area (Å²) < 4.78 is 27.8. The maximum absolute atomic E-state index is 14.2. The lowest BCUT2D eigenvalue weighted by Gasteiger charge is -2.23. The number of Topliss-reactive ketones (excluding diaryl/α,β-unsaturated/α-hetero) is 1. The normalized spacial score (nSPS) is 16.6. The summed E-state index contributed by atoms with van der Waals surface area (Å²) in [4.78, 5) is 25.7. The smallest absolute Gasteiger partial charge is 0.220 e. The number of carbonyl (C=O) groups is 1. The van der Waals surface area contributed by atoms with Crippen molar-refractivity contribution in [2.75, 3.05) is 5.73 Å². The molecule has 2 aromatic heterocycles. The minimum Gasteiger partial charge on any atom is -0.368 e. The molecule has 0 aliphatic heterocycles. The van der Waals surface area contributed by atoms with E-state index in [4.69, 9.17) is 5.73 Å². The lowest BCUT2D eigenvalue weighted by Crippen LogP contribution is -2.23. The first-order valence-electron chi connectivity index (χ1n) is 7.99. The third kappa shape index (κ3) is 2.76. The van der Waals surface area contributed by atoms with E-state index in [1.54, 1.807) is 12.4 Å². The average molecular weight is 372 g/mol. The van der Waals surface area contributed by atoms with Crippen molar-refractivity contribution in [3.05, 3.63) is 58.0 Å². The molecule has 0 amide bonds. The zero-order valence-corrected chi connectivity index (χ0v) is 14.6. The van der Waals surface area contributed by atoms with Crippen LogP contribution in [0.5, 0.6) is 0 Å². The van der Waals surface area contributed by atoms with Crippen LogP contribution in [0.4, 0.5) is 14.7 Å². The van der Waals surface area contributed by atoms with Crippen molar-refractivity contribution >= 4 is 23.1 Å². The lowest BCUT2D eigenvalue weighted by atomic mass is 9.82. The molecule has 0 saturated carbocycles. The molecule has 0 spiro atoms. The molecule has 8 heteroatoms. The number of benzene rings is 1. The Kier molecular flexibility index (Phi) is 3.99. The number of nitrogens with two attached hydrogens (primary N) is 1. The highest BCUT2D eigenvalue weighted by Gasteiger charge is 2.32. The first-order chi connectivity index (χ1) is 12.4. The molecule has 26 heavy (non-hydrogen) atoms. The summed E-state index contributed by atoms with van der Waals surface area (Å²) in [5.74, 6) is -1.30. The van der Waals surface area contributed by atoms with Crippen molar-refractivity contribution in [3.8, 4) is 10.4 Å². The van der Waals surface area contributed by atoms with Gasteiger partial charge in [-0.2, -0.15) is 0 Å². The third-order valence-corrected chi connectivity index (χ3v) is 5.36. The molecular weight excluding hydrogens is 358 g/mol. The molecule has 4 rings (SSSR count). The molecule has 0 fully saturated rings. The fourth-order valence-electron chi connectivity index (χ4n) is 3.41. The van der Waals surface area contributed by atoms with Gasteiger partial charge in [-0.25, -0.2) is 23.7 Å². The summed E-state index contributed by atoms with van der Waals surface area (Å²) in [6, 6.07) is 3.31. The van der Waals surface area contributed by atoms with Crippen molar-refractivity contribution in [1.82, 2.24) is 15.0 Å². The van der Waals surface area contributed by atoms with Gasteiger partial charge < -0.3 is 5.73 Å². The fourth-order valence-corrected chi connectivity index (χ4v) is 4.30. The predicted molar refractivity (Wildman–Crippen MR) is 94.0 cm³/mol. The summed E-state index contributed by atoms with van der Waals surface area (Å²) >= 11 is 1.22. The van der Waals surface area contributed by atoms with Crippen LogP contribution in [0.1, 0.15) is 39.8 Å². The van der Waals surface area contributed by atoms with Gasteiger partial charge in [-0.3, -0.25) is 4.79 Å². The molecular formula is C18H14F2N4OS. The highest BCUT2D eigenvalue weighted by molar-refractivity contribution is 7.13.